The first kappa shape index (κ1) is 18.7. The molecule has 0 aromatic heterocycles. The van der Waals surface area contributed by atoms with E-state index in [1.54, 1.807) is 0 Å². The molecule has 1 amide bonds. The second kappa shape index (κ2) is 7.45. The Kier molecular flexibility index (Phi) is 6.96. The van der Waals surface area contributed by atoms with Gasteiger partial charge < -0.3 is 15.8 Å². The van der Waals surface area contributed by atoms with Crippen molar-refractivity contribution < 1.29 is 13.9 Å². The minimum absolute atomic E-state index is 0. The molecule has 0 aliphatic heterocycles. The predicted octanol–water partition coefficient (Wildman–Crippen LogP) is 2.36. The summed E-state index contributed by atoms with van der Waals surface area (Å²) in [6, 6.07) is 3.84. The molecule has 0 radical (unpaired) electrons. The van der Waals surface area contributed by atoms with Gasteiger partial charge in [0.2, 0.25) is 0 Å². The van der Waals surface area contributed by atoms with Crippen molar-refractivity contribution in [1.82, 2.24) is 5.32 Å². The maximum Gasteiger partial charge on any atom is 0.255 e. The first-order valence-electron chi connectivity index (χ1n) is 6.20. The largest absolute Gasteiger partial charge is 0.496 e. The SMILES string of the molecule is COc1ccc(F)cc1C(=O)NC(C)(CN)C(C)C.Cl. The molecule has 1 unspecified atom stereocenters. The van der Waals surface area contributed by atoms with Crippen molar-refractivity contribution in [3.63, 3.8) is 0 Å². The van der Waals surface area contributed by atoms with Gasteiger partial charge in [-0.2, -0.15) is 0 Å². The van der Waals surface area contributed by atoms with E-state index in [0.29, 0.717) is 12.3 Å². The van der Waals surface area contributed by atoms with Crippen LogP contribution in [0.1, 0.15) is 31.1 Å². The molecule has 0 saturated heterocycles. The first-order valence-corrected chi connectivity index (χ1v) is 6.20. The number of amides is 1. The Balaban J connectivity index is 0.00000361. The van der Waals surface area contributed by atoms with Crippen LogP contribution in [-0.4, -0.2) is 25.1 Å². The van der Waals surface area contributed by atoms with Gasteiger partial charge in [0.05, 0.1) is 18.2 Å². The van der Waals surface area contributed by atoms with Crippen LogP contribution in [0.15, 0.2) is 18.2 Å². The molecule has 3 N–H and O–H groups in total. The van der Waals surface area contributed by atoms with Crippen LogP contribution in [-0.2, 0) is 0 Å². The maximum absolute atomic E-state index is 13.3. The smallest absolute Gasteiger partial charge is 0.255 e. The lowest BCUT2D eigenvalue weighted by molar-refractivity contribution is 0.0879. The molecule has 0 saturated carbocycles. The van der Waals surface area contributed by atoms with Gasteiger partial charge in [-0.05, 0) is 31.0 Å². The molecule has 1 atom stereocenters. The minimum atomic E-state index is -0.547. The quantitative estimate of drug-likeness (QED) is 0.877. The molecule has 114 valence electrons. The highest BCUT2D eigenvalue weighted by atomic mass is 35.5. The summed E-state index contributed by atoms with van der Waals surface area (Å²) in [4.78, 5) is 12.2. The number of benzene rings is 1. The van der Waals surface area contributed by atoms with Crippen molar-refractivity contribution in [1.29, 1.82) is 0 Å². The van der Waals surface area contributed by atoms with Crippen molar-refractivity contribution >= 4 is 18.3 Å². The summed E-state index contributed by atoms with van der Waals surface area (Å²) in [6.45, 7) is 6.10. The predicted molar refractivity (Wildman–Crippen MR) is 80.0 cm³/mol. The molecule has 1 aromatic carbocycles. The van der Waals surface area contributed by atoms with Crippen LogP contribution < -0.4 is 15.8 Å². The first-order chi connectivity index (χ1) is 8.84. The topological polar surface area (TPSA) is 64.3 Å². The summed E-state index contributed by atoms with van der Waals surface area (Å²) in [5.41, 5.74) is 5.34. The fourth-order valence-electron chi connectivity index (χ4n) is 1.62. The third kappa shape index (κ3) is 4.08. The van der Waals surface area contributed by atoms with Crippen molar-refractivity contribution in [3.8, 4) is 5.75 Å². The van der Waals surface area contributed by atoms with E-state index < -0.39 is 17.3 Å². The van der Waals surface area contributed by atoms with Gasteiger partial charge in [-0.3, -0.25) is 4.79 Å². The molecular formula is C14H22ClFN2O2. The van der Waals surface area contributed by atoms with E-state index in [9.17, 15) is 9.18 Å². The van der Waals surface area contributed by atoms with E-state index in [1.165, 1.54) is 19.2 Å². The lowest BCUT2D eigenvalue weighted by Crippen LogP contribution is -2.55. The number of carbonyl (C=O) groups is 1. The molecule has 0 aliphatic rings. The summed E-state index contributed by atoms with van der Waals surface area (Å²) >= 11 is 0. The zero-order chi connectivity index (χ0) is 14.6. The van der Waals surface area contributed by atoms with Gasteiger partial charge in [0.15, 0.2) is 0 Å². The van der Waals surface area contributed by atoms with Gasteiger partial charge in [-0.15, -0.1) is 12.4 Å². The minimum Gasteiger partial charge on any atom is -0.496 e. The molecule has 4 nitrogen and oxygen atoms in total. The molecule has 1 aromatic rings. The number of hydrogen-bond donors (Lipinski definition) is 2. The van der Waals surface area contributed by atoms with Crippen LogP contribution in [0.4, 0.5) is 4.39 Å². The van der Waals surface area contributed by atoms with E-state index in [2.05, 4.69) is 5.32 Å². The van der Waals surface area contributed by atoms with Gasteiger partial charge in [0, 0.05) is 6.54 Å². The number of carbonyl (C=O) groups excluding carboxylic acids is 1. The number of rotatable bonds is 5. The Bertz CT molecular complexity index is 468. The van der Waals surface area contributed by atoms with Gasteiger partial charge in [0.1, 0.15) is 11.6 Å². The van der Waals surface area contributed by atoms with E-state index in [0.717, 1.165) is 6.07 Å². The van der Waals surface area contributed by atoms with Crippen LogP contribution in [0, 0.1) is 11.7 Å². The number of hydrogen-bond acceptors (Lipinski definition) is 3. The van der Waals surface area contributed by atoms with Crippen LogP contribution in [0.5, 0.6) is 5.75 Å². The molecule has 0 heterocycles. The second-order valence-electron chi connectivity index (χ2n) is 5.08. The zero-order valence-electron chi connectivity index (χ0n) is 12.2. The highest BCUT2D eigenvalue weighted by Gasteiger charge is 2.29. The third-order valence-corrected chi connectivity index (χ3v) is 3.50. The summed E-state index contributed by atoms with van der Waals surface area (Å²) in [5, 5.41) is 2.85. The van der Waals surface area contributed by atoms with Crippen LogP contribution >= 0.6 is 12.4 Å². The fraction of sp³-hybridized carbons (Fsp3) is 0.500. The van der Waals surface area contributed by atoms with Crippen molar-refractivity contribution in [2.75, 3.05) is 13.7 Å². The summed E-state index contributed by atoms with van der Waals surface area (Å²) in [7, 11) is 1.44. The molecule has 20 heavy (non-hydrogen) atoms. The average molecular weight is 305 g/mol. The van der Waals surface area contributed by atoms with Crippen molar-refractivity contribution in [2.45, 2.75) is 26.3 Å². The van der Waals surface area contributed by atoms with Crippen LogP contribution in [0.25, 0.3) is 0 Å². The summed E-state index contributed by atoms with van der Waals surface area (Å²) < 4.78 is 18.3. The number of ether oxygens (including phenoxy) is 1. The third-order valence-electron chi connectivity index (χ3n) is 3.50. The van der Waals surface area contributed by atoms with E-state index in [1.807, 2.05) is 20.8 Å². The van der Waals surface area contributed by atoms with Gasteiger partial charge in [-0.1, -0.05) is 13.8 Å². The molecule has 6 heteroatoms. The summed E-state index contributed by atoms with van der Waals surface area (Å²) in [5.74, 6) is -0.383. The molecular weight excluding hydrogens is 283 g/mol. The Morgan fingerprint density at radius 2 is 2.10 bits per heavy atom. The highest BCUT2D eigenvalue weighted by Crippen LogP contribution is 2.22. The molecule has 0 bridgehead atoms. The lowest BCUT2D eigenvalue weighted by atomic mass is 9.88. The maximum atomic E-state index is 13.3. The zero-order valence-corrected chi connectivity index (χ0v) is 13.0. The number of methoxy groups -OCH3 is 1. The Labute approximate surface area is 125 Å². The Hall–Kier alpha value is -1.33. The number of halogens is 2. The van der Waals surface area contributed by atoms with Crippen LogP contribution in [0.2, 0.25) is 0 Å². The molecule has 0 aliphatic carbocycles. The van der Waals surface area contributed by atoms with Gasteiger partial charge in [0.25, 0.3) is 5.91 Å². The summed E-state index contributed by atoms with van der Waals surface area (Å²) in [6.07, 6.45) is 0. The monoisotopic (exact) mass is 304 g/mol. The van der Waals surface area contributed by atoms with Crippen molar-refractivity contribution in [3.05, 3.63) is 29.6 Å². The number of nitrogens with one attached hydrogen (secondary N) is 1. The van der Waals surface area contributed by atoms with E-state index in [4.69, 9.17) is 10.5 Å². The van der Waals surface area contributed by atoms with Crippen molar-refractivity contribution in [2.24, 2.45) is 11.7 Å². The average Bonchev–Trinajstić information content (AvgIpc) is 2.38. The number of nitrogens with two attached hydrogens (primary N) is 1. The molecule has 0 spiro atoms. The normalized spacial score (nSPS) is 13.3. The van der Waals surface area contributed by atoms with E-state index >= 15 is 0 Å². The Morgan fingerprint density at radius 1 is 1.50 bits per heavy atom. The molecule has 1 rings (SSSR count). The lowest BCUT2D eigenvalue weighted by Gasteiger charge is -2.33. The van der Waals surface area contributed by atoms with E-state index in [-0.39, 0.29) is 23.9 Å². The van der Waals surface area contributed by atoms with Crippen LogP contribution in [0.3, 0.4) is 0 Å². The second-order valence-corrected chi connectivity index (χ2v) is 5.08. The Morgan fingerprint density at radius 3 is 2.55 bits per heavy atom. The standard InChI is InChI=1S/C14H21FN2O2.ClH/c1-9(2)14(3,8-16)17-13(18)11-7-10(15)5-6-12(11)19-4;/h5-7,9H,8,16H2,1-4H3,(H,17,18);1H. The molecule has 0 fully saturated rings. The fourth-order valence-corrected chi connectivity index (χ4v) is 1.62. The van der Waals surface area contributed by atoms with Gasteiger partial charge >= 0.3 is 0 Å². The van der Waals surface area contributed by atoms with Gasteiger partial charge in [-0.25, -0.2) is 4.39 Å². The highest BCUT2D eigenvalue weighted by molar-refractivity contribution is 5.97.